The second-order valence-electron chi connectivity index (χ2n) is 4.92. The van der Waals surface area contributed by atoms with Crippen LogP contribution in [0, 0.1) is 0 Å². The van der Waals surface area contributed by atoms with E-state index in [9.17, 15) is 5.11 Å². The summed E-state index contributed by atoms with van der Waals surface area (Å²) in [6, 6.07) is 2.91. The highest BCUT2D eigenvalue weighted by Gasteiger charge is 2.44. The van der Waals surface area contributed by atoms with Gasteiger partial charge in [-0.05, 0) is 31.7 Å². The zero-order chi connectivity index (χ0) is 10.5. The van der Waals surface area contributed by atoms with Crippen molar-refractivity contribution in [2.45, 2.75) is 43.4 Å². The van der Waals surface area contributed by atoms with Crippen LogP contribution >= 0.6 is 0 Å². The molecule has 0 saturated carbocycles. The molecule has 3 heterocycles. The SMILES string of the molecule is Cn1nccc1C1(O)CC2CCC(C1)N2. The van der Waals surface area contributed by atoms with Gasteiger partial charge in [0, 0.05) is 25.3 Å². The lowest BCUT2D eigenvalue weighted by Gasteiger charge is -2.37. The first-order chi connectivity index (χ1) is 7.17. The maximum atomic E-state index is 10.7. The fourth-order valence-corrected chi connectivity index (χ4v) is 3.16. The molecule has 2 saturated heterocycles. The van der Waals surface area contributed by atoms with Crippen LogP contribution in [0.2, 0.25) is 0 Å². The molecule has 0 aromatic carbocycles. The van der Waals surface area contributed by atoms with Crippen LogP contribution in [0.5, 0.6) is 0 Å². The average Bonchev–Trinajstić information content (AvgIpc) is 2.73. The van der Waals surface area contributed by atoms with Gasteiger partial charge in [0.25, 0.3) is 0 Å². The highest BCUT2D eigenvalue weighted by Crippen LogP contribution is 2.40. The molecule has 2 aliphatic heterocycles. The van der Waals surface area contributed by atoms with Crippen molar-refractivity contribution >= 4 is 0 Å². The molecule has 2 fully saturated rings. The van der Waals surface area contributed by atoms with Crippen molar-refractivity contribution in [3.05, 3.63) is 18.0 Å². The summed E-state index contributed by atoms with van der Waals surface area (Å²) in [4.78, 5) is 0. The van der Waals surface area contributed by atoms with Crippen LogP contribution in [-0.2, 0) is 12.6 Å². The third kappa shape index (κ3) is 1.40. The molecule has 3 rings (SSSR count). The molecule has 0 spiro atoms. The molecule has 2 bridgehead atoms. The summed E-state index contributed by atoms with van der Waals surface area (Å²) >= 11 is 0. The van der Waals surface area contributed by atoms with Gasteiger partial charge >= 0.3 is 0 Å². The Morgan fingerprint density at radius 2 is 2.13 bits per heavy atom. The molecule has 0 aliphatic carbocycles. The van der Waals surface area contributed by atoms with Crippen LogP contribution in [0.3, 0.4) is 0 Å². The third-order valence-electron chi connectivity index (χ3n) is 3.80. The molecule has 2 aliphatic rings. The molecule has 0 amide bonds. The van der Waals surface area contributed by atoms with Gasteiger partial charge in [-0.1, -0.05) is 0 Å². The number of piperidine rings is 1. The number of hydrogen-bond acceptors (Lipinski definition) is 3. The Morgan fingerprint density at radius 3 is 2.67 bits per heavy atom. The second-order valence-corrected chi connectivity index (χ2v) is 4.92. The Kier molecular flexibility index (Phi) is 1.91. The Morgan fingerprint density at radius 1 is 1.47 bits per heavy atom. The zero-order valence-corrected chi connectivity index (χ0v) is 8.98. The van der Waals surface area contributed by atoms with Gasteiger partial charge in [0.15, 0.2) is 0 Å². The summed E-state index contributed by atoms with van der Waals surface area (Å²) in [5, 5.41) is 18.4. The average molecular weight is 207 g/mol. The van der Waals surface area contributed by atoms with E-state index in [0.717, 1.165) is 18.5 Å². The molecule has 4 heteroatoms. The van der Waals surface area contributed by atoms with Crippen molar-refractivity contribution in [3.63, 3.8) is 0 Å². The molecule has 1 aromatic heterocycles. The first-order valence-electron chi connectivity index (χ1n) is 5.64. The minimum Gasteiger partial charge on any atom is -0.383 e. The molecule has 2 atom stereocenters. The number of rotatable bonds is 1. The molecule has 2 unspecified atom stereocenters. The molecule has 15 heavy (non-hydrogen) atoms. The molecule has 82 valence electrons. The Balaban J connectivity index is 1.94. The van der Waals surface area contributed by atoms with Crippen molar-refractivity contribution in [1.29, 1.82) is 0 Å². The predicted molar refractivity (Wildman–Crippen MR) is 56.3 cm³/mol. The monoisotopic (exact) mass is 207 g/mol. The molecule has 4 nitrogen and oxygen atoms in total. The largest absolute Gasteiger partial charge is 0.383 e. The number of hydrogen-bond donors (Lipinski definition) is 2. The van der Waals surface area contributed by atoms with E-state index < -0.39 is 5.60 Å². The summed E-state index contributed by atoms with van der Waals surface area (Å²) in [5.41, 5.74) is 0.295. The topological polar surface area (TPSA) is 50.1 Å². The van der Waals surface area contributed by atoms with E-state index in [-0.39, 0.29) is 0 Å². The molecule has 2 N–H and O–H groups in total. The van der Waals surface area contributed by atoms with E-state index >= 15 is 0 Å². The number of aliphatic hydroxyl groups is 1. The minimum absolute atomic E-state index is 0.489. The van der Waals surface area contributed by atoms with Crippen molar-refractivity contribution in [1.82, 2.24) is 15.1 Å². The maximum Gasteiger partial charge on any atom is 0.109 e. The van der Waals surface area contributed by atoms with Crippen molar-refractivity contribution in [3.8, 4) is 0 Å². The first-order valence-corrected chi connectivity index (χ1v) is 5.64. The summed E-state index contributed by atoms with van der Waals surface area (Å²) in [5.74, 6) is 0. The highest BCUT2D eigenvalue weighted by atomic mass is 16.3. The van der Waals surface area contributed by atoms with E-state index in [2.05, 4.69) is 10.4 Å². The first kappa shape index (κ1) is 9.36. The highest BCUT2D eigenvalue weighted by molar-refractivity contribution is 5.16. The number of aromatic nitrogens is 2. The van der Waals surface area contributed by atoms with Crippen LogP contribution in [0.4, 0.5) is 0 Å². The van der Waals surface area contributed by atoms with Gasteiger partial charge in [-0.3, -0.25) is 4.68 Å². The lowest BCUT2D eigenvalue weighted by molar-refractivity contribution is -0.0183. The fraction of sp³-hybridized carbons (Fsp3) is 0.727. The van der Waals surface area contributed by atoms with Gasteiger partial charge in [-0.2, -0.15) is 5.10 Å². The molecular weight excluding hydrogens is 190 g/mol. The lowest BCUT2D eigenvalue weighted by Crippen LogP contribution is -2.47. The molecular formula is C11H17N3O. The standard InChI is InChI=1S/C11H17N3O/c1-14-10(4-5-12-14)11(15)6-8-2-3-9(7-11)13-8/h4-5,8-9,13,15H,2-3,6-7H2,1H3. The van der Waals surface area contributed by atoms with Gasteiger partial charge in [0.05, 0.1) is 5.69 Å². The van der Waals surface area contributed by atoms with Crippen molar-refractivity contribution in [2.75, 3.05) is 0 Å². The van der Waals surface area contributed by atoms with E-state index in [4.69, 9.17) is 0 Å². The van der Waals surface area contributed by atoms with Gasteiger partial charge < -0.3 is 10.4 Å². The van der Waals surface area contributed by atoms with Crippen molar-refractivity contribution in [2.24, 2.45) is 7.05 Å². The normalized spacial score (nSPS) is 39.6. The van der Waals surface area contributed by atoms with Crippen LogP contribution in [-0.4, -0.2) is 27.0 Å². The lowest BCUT2D eigenvalue weighted by atomic mass is 9.85. The maximum absolute atomic E-state index is 10.7. The van der Waals surface area contributed by atoms with Crippen LogP contribution in [0.15, 0.2) is 12.3 Å². The quantitative estimate of drug-likeness (QED) is 0.706. The van der Waals surface area contributed by atoms with E-state index in [1.54, 1.807) is 10.9 Å². The summed E-state index contributed by atoms with van der Waals surface area (Å²) < 4.78 is 1.80. The smallest absolute Gasteiger partial charge is 0.109 e. The van der Waals surface area contributed by atoms with Crippen LogP contribution in [0.1, 0.15) is 31.4 Å². The molecule has 0 radical (unpaired) electrons. The number of fused-ring (bicyclic) bond motifs is 2. The molecule has 1 aromatic rings. The van der Waals surface area contributed by atoms with Crippen LogP contribution in [0.25, 0.3) is 0 Å². The minimum atomic E-state index is -0.664. The number of aryl methyl sites for hydroxylation is 1. The van der Waals surface area contributed by atoms with E-state index in [0.29, 0.717) is 12.1 Å². The fourth-order valence-electron chi connectivity index (χ4n) is 3.16. The zero-order valence-electron chi connectivity index (χ0n) is 8.98. The number of nitrogens with zero attached hydrogens (tertiary/aromatic N) is 2. The van der Waals surface area contributed by atoms with E-state index in [1.807, 2.05) is 13.1 Å². The Labute approximate surface area is 89.3 Å². The summed E-state index contributed by atoms with van der Waals surface area (Å²) in [6.07, 6.45) is 5.80. The van der Waals surface area contributed by atoms with Gasteiger partial charge in [-0.25, -0.2) is 0 Å². The van der Waals surface area contributed by atoms with E-state index in [1.165, 1.54) is 12.8 Å². The van der Waals surface area contributed by atoms with Crippen LogP contribution < -0.4 is 5.32 Å². The third-order valence-corrected chi connectivity index (χ3v) is 3.80. The van der Waals surface area contributed by atoms with Gasteiger partial charge in [0.2, 0.25) is 0 Å². The Hall–Kier alpha value is -0.870. The van der Waals surface area contributed by atoms with Gasteiger partial charge in [0.1, 0.15) is 5.60 Å². The summed E-state index contributed by atoms with van der Waals surface area (Å²) in [7, 11) is 1.90. The number of nitrogens with one attached hydrogen (secondary N) is 1. The second kappa shape index (κ2) is 3.06. The van der Waals surface area contributed by atoms with Crippen molar-refractivity contribution < 1.29 is 5.11 Å². The Bertz CT molecular complexity index is 362. The predicted octanol–water partition coefficient (Wildman–Crippen LogP) is 0.522. The summed E-state index contributed by atoms with van der Waals surface area (Å²) in [6.45, 7) is 0. The van der Waals surface area contributed by atoms with Gasteiger partial charge in [-0.15, -0.1) is 0 Å².